The average Bonchev–Trinajstić information content (AvgIpc) is 3.22. The van der Waals surface area contributed by atoms with E-state index in [0.717, 1.165) is 16.5 Å². The fourth-order valence-corrected chi connectivity index (χ4v) is 4.44. The van der Waals surface area contributed by atoms with Crippen LogP contribution in [-0.2, 0) is 11.3 Å². The van der Waals surface area contributed by atoms with Gasteiger partial charge in [-0.3, -0.25) is 0 Å². The van der Waals surface area contributed by atoms with Crippen molar-refractivity contribution in [1.29, 1.82) is 0 Å². The maximum atomic E-state index is 10.7. The third-order valence-corrected chi connectivity index (χ3v) is 5.87. The number of nitrogens with one attached hydrogen (secondary N) is 1. The maximum absolute atomic E-state index is 10.7. The number of aliphatic hydroxyl groups is 3. The van der Waals surface area contributed by atoms with Gasteiger partial charge in [-0.25, -0.2) is 9.97 Å². The van der Waals surface area contributed by atoms with Gasteiger partial charge in [0.2, 0.25) is 0 Å². The zero-order valence-corrected chi connectivity index (χ0v) is 14.1. The van der Waals surface area contributed by atoms with Crippen molar-refractivity contribution in [2.75, 3.05) is 5.32 Å². The lowest BCUT2D eigenvalue weighted by Crippen LogP contribution is -2.43. The molecule has 0 radical (unpaired) electrons. The smallest absolute Gasteiger partial charge is 0.186 e. The number of nitrogens with zero attached hydrogens (tertiary/aromatic N) is 3. The molecule has 9 heteroatoms. The van der Waals surface area contributed by atoms with Crippen molar-refractivity contribution in [2.24, 2.45) is 0 Å². The molecule has 0 aliphatic carbocycles. The lowest BCUT2D eigenvalue weighted by atomic mass is 9.99. The normalized spacial score (nSPS) is 31.0. The minimum Gasteiger partial charge on any atom is -0.385 e. The largest absolute Gasteiger partial charge is 0.385 e. The molecule has 3 unspecified atom stereocenters. The molecule has 2 aliphatic rings. The Bertz CT molecular complexity index is 982. The highest BCUT2D eigenvalue weighted by molar-refractivity contribution is 7.10. The minimum atomic E-state index is -1.66. The number of anilines is 1. The summed E-state index contributed by atoms with van der Waals surface area (Å²) < 4.78 is 7.10. The van der Waals surface area contributed by atoms with Gasteiger partial charge in [0.05, 0.1) is 11.9 Å². The Morgan fingerprint density at radius 1 is 1.36 bits per heavy atom. The van der Waals surface area contributed by atoms with Crippen molar-refractivity contribution in [3.8, 4) is 11.1 Å². The van der Waals surface area contributed by atoms with Crippen LogP contribution in [0.15, 0.2) is 24.0 Å². The minimum absolute atomic E-state index is 0.568. The van der Waals surface area contributed by atoms with Gasteiger partial charge < -0.3 is 29.9 Å². The number of hydrogen-bond acceptors (Lipinski definition) is 8. The second-order valence-corrected chi connectivity index (χ2v) is 7.53. The predicted molar refractivity (Wildman–Crippen MR) is 90.9 cm³/mol. The van der Waals surface area contributed by atoms with Gasteiger partial charge in [-0.05, 0) is 23.9 Å². The Hall–Kier alpha value is -2.04. The number of hydrogen-bond donors (Lipinski definition) is 4. The number of rotatable bonds is 1. The van der Waals surface area contributed by atoms with E-state index in [-0.39, 0.29) is 0 Å². The Balaban J connectivity index is 1.78. The van der Waals surface area contributed by atoms with Crippen molar-refractivity contribution in [1.82, 2.24) is 14.5 Å². The molecular weight excluding hydrogens is 344 g/mol. The molecule has 0 aromatic carbocycles. The molecular formula is C16H16N4O4S. The third kappa shape index (κ3) is 1.95. The first kappa shape index (κ1) is 15.2. The van der Waals surface area contributed by atoms with Gasteiger partial charge in [0.25, 0.3) is 0 Å². The predicted octanol–water partition coefficient (Wildman–Crippen LogP) is 1.04. The van der Waals surface area contributed by atoms with Gasteiger partial charge >= 0.3 is 0 Å². The first-order chi connectivity index (χ1) is 12.0. The molecule has 25 heavy (non-hydrogen) atoms. The van der Waals surface area contributed by atoms with Crippen molar-refractivity contribution >= 4 is 28.2 Å². The average molecular weight is 360 g/mol. The van der Waals surface area contributed by atoms with E-state index in [1.807, 2.05) is 17.6 Å². The zero-order chi connectivity index (χ0) is 17.3. The number of ether oxygens (including phenoxy) is 1. The summed E-state index contributed by atoms with van der Waals surface area (Å²) in [6.45, 7) is 2.12. The summed E-state index contributed by atoms with van der Waals surface area (Å²) in [7, 11) is 0. The van der Waals surface area contributed by atoms with Crippen LogP contribution in [0.5, 0.6) is 0 Å². The lowest BCUT2D eigenvalue weighted by molar-refractivity contribution is -0.141. The summed E-state index contributed by atoms with van der Waals surface area (Å²) >= 11 is 1.65. The van der Waals surface area contributed by atoms with Gasteiger partial charge in [-0.1, -0.05) is 0 Å². The van der Waals surface area contributed by atoms with Crippen molar-refractivity contribution in [3.63, 3.8) is 0 Å². The molecule has 3 aromatic rings. The Morgan fingerprint density at radius 3 is 2.96 bits per heavy atom. The standard InChI is InChI=1S/C16H16N4O4S/c1-16(23)11(21)14(22)24-15(16)20-5-8-7-2-3-25-9(7)4-17-12-10(8)13(20)19-6-18-12/h2-3,5-6,11,14-15,21-23H,4H2,1H3,(H,17,18,19)/t11-,14?,15?,16?/m1/s1. The molecule has 5 rings (SSSR count). The molecule has 0 spiro atoms. The number of aromatic nitrogens is 3. The van der Waals surface area contributed by atoms with Crippen molar-refractivity contribution in [2.45, 2.75) is 37.7 Å². The van der Waals surface area contributed by atoms with E-state index in [1.165, 1.54) is 18.1 Å². The van der Waals surface area contributed by atoms with E-state index in [1.54, 1.807) is 15.9 Å². The highest BCUT2D eigenvalue weighted by atomic mass is 32.1. The molecule has 130 valence electrons. The van der Waals surface area contributed by atoms with E-state index < -0.39 is 24.2 Å². The summed E-state index contributed by atoms with van der Waals surface area (Å²) in [5, 5.41) is 36.7. The molecule has 5 heterocycles. The topological polar surface area (TPSA) is 113 Å². The third-order valence-electron chi connectivity index (χ3n) is 4.95. The van der Waals surface area contributed by atoms with Gasteiger partial charge in [-0.15, -0.1) is 11.3 Å². The second-order valence-electron chi connectivity index (χ2n) is 6.53. The Kier molecular flexibility index (Phi) is 3.04. The molecule has 4 N–H and O–H groups in total. The number of fused-ring (bicyclic) bond motifs is 2. The van der Waals surface area contributed by atoms with E-state index in [4.69, 9.17) is 4.74 Å². The molecule has 2 aliphatic heterocycles. The first-order valence-corrected chi connectivity index (χ1v) is 8.76. The summed E-state index contributed by atoms with van der Waals surface area (Å²) in [5.41, 5.74) is 0.914. The van der Waals surface area contributed by atoms with Gasteiger partial charge in [0.1, 0.15) is 29.5 Å². The zero-order valence-electron chi connectivity index (χ0n) is 13.2. The van der Waals surface area contributed by atoms with Crippen LogP contribution in [0.25, 0.3) is 22.2 Å². The Morgan fingerprint density at radius 2 is 2.20 bits per heavy atom. The molecule has 1 fully saturated rings. The second kappa shape index (κ2) is 4.99. The maximum Gasteiger partial charge on any atom is 0.186 e. The fourth-order valence-electron chi connectivity index (χ4n) is 3.61. The van der Waals surface area contributed by atoms with Gasteiger partial charge in [-0.2, -0.15) is 0 Å². The first-order valence-electron chi connectivity index (χ1n) is 7.88. The Labute approximate surface area is 146 Å². The summed E-state index contributed by atoms with van der Waals surface area (Å²) in [6.07, 6.45) is -0.572. The summed E-state index contributed by atoms with van der Waals surface area (Å²) in [4.78, 5) is 9.87. The molecule has 0 saturated carbocycles. The van der Waals surface area contributed by atoms with Crippen LogP contribution in [0.3, 0.4) is 0 Å². The fraction of sp³-hybridized carbons (Fsp3) is 0.375. The van der Waals surface area contributed by atoms with E-state index in [0.29, 0.717) is 18.0 Å². The molecule has 3 aromatic heterocycles. The monoisotopic (exact) mass is 360 g/mol. The van der Waals surface area contributed by atoms with Crippen LogP contribution in [0.1, 0.15) is 18.0 Å². The van der Waals surface area contributed by atoms with Crippen LogP contribution in [0.2, 0.25) is 0 Å². The highest BCUT2D eigenvalue weighted by Gasteiger charge is 2.53. The molecule has 1 saturated heterocycles. The number of aliphatic hydroxyl groups excluding tert-OH is 2. The lowest BCUT2D eigenvalue weighted by Gasteiger charge is -2.27. The SMILES string of the molecule is CC1(O)C(n2cc3c4c(ncnc42)NCc2sccc2-3)OC(O)[C@H]1O. The van der Waals surface area contributed by atoms with Crippen molar-refractivity contribution < 1.29 is 20.1 Å². The summed E-state index contributed by atoms with van der Waals surface area (Å²) in [6, 6.07) is 2.04. The quantitative estimate of drug-likeness (QED) is 0.513. The molecule has 8 nitrogen and oxygen atoms in total. The number of thiophene rings is 1. The van der Waals surface area contributed by atoms with Crippen LogP contribution < -0.4 is 5.32 Å². The van der Waals surface area contributed by atoms with Gasteiger partial charge in [0.15, 0.2) is 12.5 Å². The van der Waals surface area contributed by atoms with Crippen LogP contribution >= 0.6 is 11.3 Å². The molecule has 0 bridgehead atoms. The van der Waals surface area contributed by atoms with Crippen LogP contribution in [0, 0.1) is 0 Å². The molecule has 0 amide bonds. The van der Waals surface area contributed by atoms with Gasteiger partial charge in [0, 0.05) is 16.6 Å². The van der Waals surface area contributed by atoms with E-state index in [9.17, 15) is 15.3 Å². The molecule has 4 atom stereocenters. The van der Waals surface area contributed by atoms with Crippen molar-refractivity contribution in [3.05, 3.63) is 28.8 Å². The van der Waals surface area contributed by atoms with Crippen LogP contribution in [-0.4, -0.2) is 47.8 Å². The highest BCUT2D eigenvalue weighted by Crippen LogP contribution is 2.44. The summed E-state index contributed by atoms with van der Waals surface area (Å²) in [5.74, 6) is 0.709. The van der Waals surface area contributed by atoms with Crippen LogP contribution in [0.4, 0.5) is 5.82 Å². The van der Waals surface area contributed by atoms with E-state index >= 15 is 0 Å². The van der Waals surface area contributed by atoms with E-state index in [2.05, 4.69) is 15.3 Å².